The second kappa shape index (κ2) is 5.17. The van der Waals surface area contributed by atoms with E-state index in [-0.39, 0.29) is 0 Å². The van der Waals surface area contributed by atoms with Crippen molar-refractivity contribution in [2.75, 3.05) is 11.9 Å². The van der Waals surface area contributed by atoms with Gasteiger partial charge in [-0.15, -0.1) is 0 Å². The largest absolute Gasteiger partial charge is 0.324 e. The maximum atomic E-state index is 6.07. The number of rotatable bonds is 2. The van der Waals surface area contributed by atoms with Crippen molar-refractivity contribution in [3.05, 3.63) is 22.2 Å². The van der Waals surface area contributed by atoms with Crippen LogP contribution in [0.4, 0.5) is 5.69 Å². The normalized spacial score (nSPS) is 16.6. The van der Waals surface area contributed by atoms with Gasteiger partial charge in [-0.2, -0.15) is 0 Å². The molecule has 0 bridgehead atoms. The third-order valence-electron chi connectivity index (χ3n) is 2.00. The predicted octanol–water partition coefficient (Wildman–Crippen LogP) is 3.78. The average Bonchev–Trinajstić information content (AvgIpc) is 2.25. The van der Waals surface area contributed by atoms with Gasteiger partial charge in [0.2, 0.25) is 5.96 Å². The number of halogens is 2. The van der Waals surface area contributed by atoms with Crippen LogP contribution in [0, 0.1) is 0 Å². The van der Waals surface area contributed by atoms with Crippen LogP contribution in [0.5, 0.6) is 0 Å². The lowest BCUT2D eigenvalue weighted by Gasteiger charge is -2.21. The third kappa shape index (κ3) is 2.56. The van der Waals surface area contributed by atoms with Gasteiger partial charge in [-0.3, -0.25) is 9.71 Å². The summed E-state index contributed by atoms with van der Waals surface area (Å²) in [4.78, 5) is 5.29. The molecule has 6 heteroatoms. The highest BCUT2D eigenvalue weighted by molar-refractivity contribution is 7.98. The van der Waals surface area contributed by atoms with E-state index in [9.17, 15) is 0 Å². The van der Waals surface area contributed by atoms with E-state index >= 15 is 0 Å². The van der Waals surface area contributed by atoms with E-state index in [0.29, 0.717) is 10.0 Å². The molecule has 3 nitrogen and oxygen atoms in total. The van der Waals surface area contributed by atoms with E-state index in [1.165, 1.54) is 11.9 Å². The van der Waals surface area contributed by atoms with E-state index in [4.69, 9.17) is 23.2 Å². The Kier molecular flexibility index (Phi) is 3.84. The first-order valence-electron chi connectivity index (χ1n) is 4.94. The van der Waals surface area contributed by atoms with E-state index in [0.717, 1.165) is 29.5 Å². The number of hydrogen-bond acceptors (Lipinski definition) is 2. The SMILES string of the molecule is CCCN=C1NSc2c(Cl)cc(Cl)cc2N1. The molecule has 0 saturated carbocycles. The smallest absolute Gasteiger partial charge is 0.206 e. The molecule has 0 radical (unpaired) electrons. The van der Waals surface area contributed by atoms with Gasteiger partial charge in [0.05, 0.1) is 15.6 Å². The number of fused-ring (bicyclic) bond motifs is 1. The van der Waals surface area contributed by atoms with Crippen LogP contribution in [0.2, 0.25) is 10.0 Å². The van der Waals surface area contributed by atoms with E-state index < -0.39 is 0 Å². The van der Waals surface area contributed by atoms with Gasteiger partial charge in [-0.05, 0) is 30.5 Å². The molecule has 0 saturated heterocycles. The first-order chi connectivity index (χ1) is 7.70. The van der Waals surface area contributed by atoms with Crippen LogP contribution in [0.25, 0.3) is 0 Å². The lowest BCUT2D eigenvalue weighted by molar-refractivity contribution is 0.926. The second-order valence-electron chi connectivity index (χ2n) is 3.32. The Balaban J connectivity index is 2.26. The summed E-state index contributed by atoms with van der Waals surface area (Å²) >= 11 is 13.5. The lowest BCUT2D eigenvalue weighted by Crippen LogP contribution is -2.29. The maximum absolute atomic E-state index is 6.07. The summed E-state index contributed by atoms with van der Waals surface area (Å²) < 4.78 is 3.10. The zero-order valence-corrected chi connectivity index (χ0v) is 11.0. The highest BCUT2D eigenvalue weighted by atomic mass is 35.5. The molecule has 1 aliphatic rings. The van der Waals surface area contributed by atoms with Gasteiger partial charge in [0.25, 0.3) is 0 Å². The summed E-state index contributed by atoms with van der Waals surface area (Å²) in [5.41, 5.74) is 0.899. The third-order valence-corrected chi connectivity index (χ3v) is 3.57. The van der Waals surface area contributed by atoms with Crippen LogP contribution in [-0.4, -0.2) is 12.5 Å². The highest BCUT2D eigenvalue weighted by Crippen LogP contribution is 2.37. The zero-order valence-electron chi connectivity index (χ0n) is 8.68. The quantitative estimate of drug-likeness (QED) is 0.807. The van der Waals surface area contributed by atoms with Crippen molar-refractivity contribution in [3.8, 4) is 0 Å². The lowest BCUT2D eigenvalue weighted by atomic mass is 10.3. The van der Waals surface area contributed by atoms with Crippen molar-refractivity contribution >= 4 is 46.8 Å². The van der Waals surface area contributed by atoms with Gasteiger partial charge >= 0.3 is 0 Å². The Hall–Kier alpha value is -0.580. The summed E-state index contributed by atoms with van der Waals surface area (Å²) in [6, 6.07) is 3.57. The Morgan fingerprint density at radius 3 is 2.94 bits per heavy atom. The minimum atomic E-state index is 0.619. The van der Waals surface area contributed by atoms with Crippen molar-refractivity contribution in [2.45, 2.75) is 18.2 Å². The summed E-state index contributed by atoms with van der Waals surface area (Å²) in [7, 11) is 0. The number of nitrogens with one attached hydrogen (secondary N) is 2. The molecule has 0 aromatic heterocycles. The summed E-state index contributed by atoms with van der Waals surface area (Å²) in [5, 5.41) is 4.42. The average molecular weight is 276 g/mol. The number of hydrogen-bond donors (Lipinski definition) is 2. The van der Waals surface area contributed by atoms with Crippen LogP contribution in [-0.2, 0) is 0 Å². The van der Waals surface area contributed by atoms with Crippen molar-refractivity contribution < 1.29 is 0 Å². The fourth-order valence-electron chi connectivity index (χ4n) is 1.30. The van der Waals surface area contributed by atoms with Crippen molar-refractivity contribution in [1.82, 2.24) is 4.72 Å². The first kappa shape index (κ1) is 11.9. The number of benzene rings is 1. The van der Waals surface area contributed by atoms with Crippen molar-refractivity contribution in [3.63, 3.8) is 0 Å². The summed E-state index contributed by atoms with van der Waals surface area (Å²) in [6.45, 7) is 2.88. The maximum Gasteiger partial charge on any atom is 0.206 e. The number of aliphatic imine (C=N–C) groups is 1. The Labute approximate surface area is 109 Å². The summed E-state index contributed by atoms with van der Waals surface area (Å²) in [6.07, 6.45) is 1.01. The van der Waals surface area contributed by atoms with Crippen LogP contribution >= 0.6 is 35.1 Å². The Bertz CT molecular complexity index is 434. The van der Waals surface area contributed by atoms with Gasteiger partial charge in [0.15, 0.2) is 0 Å². The number of anilines is 1. The molecule has 0 aliphatic carbocycles. The van der Waals surface area contributed by atoms with Gasteiger partial charge in [0, 0.05) is 11.6 Å². The van der Waals surface area contributed by atoms with Gasteiger partial charge in [0.1, 0.15) is 0 Å². The Morgan fingerprint density at radius 2 is 2.19 bits per heavy atom. The molecule has 1 aliphatic heterocycles. The van der Waals surface area contributed by atoms with Gasteiger partial charge in [-0.1, -0.05) is 30.1 Å². The predicted molar refractivity (Wildman–Crippen MR) is 71.7 cm³/mol. The van der Waals surface area contributed by atoms with Crippen molar-refractivity contribution in [2.24, 2.45) is 4.99 Å². The molecule has 0 unspecified atom stereocenters. The van der Waals surface area contributed by atoms with Crippen LogP contribution < -0.4 is 10.0 Å². The van der Waals surface area contributed by atoms with Crippen molar-refractivity contribution in [1.29, 1.82) is 0 Å². The molecule has 0 spiro atoms. The molecule has 0 fully saturated rings. The fraction of sp³-hybridized carbons (Fsp3) is 0.300. The number of nitrogens with zero attached hydrogens (tertiary/aromatic N) is 1. The fourth-order valence-corrected chi connectivity index (χ4v) is 2.60. The highest BCUT2D eigenvalue weighted by Gasteiger charge is 2.17. The zero-order chi connectivity index (χ0) is 11.5. The minimum Gasteiger partial charge on any atom is -0.324 e. The molecular weight excluding hydrogens is 265 g/mol. The minimum absolute atomic E-state index is 0.619. The first-order valence-corrected chi connectivity index (χ1v) is 6.51. The molecule has 1 aromatic carbocycles. The molecule has 16 heavy (non-hydrogen) atoms. The monoisotopic (exact) mass is 275 g/mol. The van der Waals surface area contributed by atoms with Gasteiger partial charge < -0.3 is 5.32 Å². The molecule has 0 atom stereocenters. The molecule has 1 aromatic rings. The Morgan fingerprint density at radius 1 is 1.38 bits per heavy atom. The second-order valence-corrected chi connectivity index (χ2v) is 4.98. The van der Waals surface area contributed by atoms with E-state index in [1.807, 2.05) is 6.07 Å². The van der Waals surface area contributed by atoms with E-state index in [2.05, 4.69) is 22.0 Å². The molecular formula is C10H11Cl2N3S. The molecule has 1 heterocycles. The van der Waals surface area contributed by atoms with E-state index in [1.54, 1.807) is 6.07 Å². The molecule has 0 amide bonds. The topological polar surface area (TPSA) is 36.4 Å². The van der Waals surface area contributed by atoms with Crippen LogP contribution in [0.1, 0.15) is 13.3 Å². The van der Waals surface area contributed by atoms with Crippen LogP contribution in [0.3, 0.4) is 0 Å². The summed E-state index contributed by atoms with van der Waals surface area (Å²) in [5.74, 6) is 0.748. The number of guanidine groups is 1. The van der Waals surface area contributed by atoms with Gasteiger partial charge in [-0.25, -0.2) is 0 Å². The molecule has 86 valence electrons. The standard InChI is InChI=1S/C10H11Cl2N3S/c1-2-3-13-10-14-8-5-6(11)4-7(12)9(8)16-15-10/h4-5H,2-3H2,1H3,(H2,13,14,15). The molecule has 2 rings (SSSR count). The van der Waals surface area contributed by atoms with Crippen LogP contribution in [0.15, 0.2) is 22.0 Å². The molecule has 2 N–H and O–H groups in total.